The van der Waals surface area contributed by atoms with Crippen molar-refractivity contribution in [2.24, 2.45) is 0 Å². The molecule has 13 heavy (non-hydrogen) atoms. The molecule has 1 heterocycles. The van der Waals surface area contributed by atoms with Gasteiger partial charge in [0, 0.05) is 18.0 Å². The zero-order valence-corrected chi connectivity index (χ0v) is 9.54. The van der Waals surface area contributed by atoms with Crippen LogP contribution in [0.25, 0.3) is 0 Å². The summed E-state index contributed by atoms with van der Waals surface area (Å²) in [5.74, 6) is 0. The van der Waals surface area contributed by atoms with Gasteiger partial charge in [0.2, 0.25) is 0 Å². The van der Waals surface area contributed by atoms with Gasteiger partial charge in [-0.25, -0.2) is 4.31 Å². The fourth-order valence-electron chi connectivity index (χ4n) is 1.48. The lowest BCUT2D eigenvalue weighted by Crippen LogP contribution is -2.10. The van der Waals surface area contributed by atoms with E-state index in [1.54, 1.807) is 0 Å². The second-order valence-corrected chi connectivity index (χ2v) is 5.03. The van der Waals surface area contributed by atoms with E-state index in [0.717, 1.165) is 0 Å². The molecule has 1 aliphatic heterocycles. The molecule has 0 saturated carbocycles. The molecule has 1 fully saturated rings. The summed E-state index contributed by atoms with van der Waals surface area (Å²) in [6.45, 7) is 2.48. The molecule has 0 amide bonds. The summed E-state index contributed by atoms with van der Waals surface area (Å²) < 4.78 is 2.45. The van der Waals surface area contributed by atoms with Gasteiger partial charge in [0.25, 0.3) is 0 Å². The van der Waals surface area contributed by atoms with Crippen molar-refractivity contribution in [3.05, 3.63) is 24.3 Å². The summed E-state index contributed by atoms with van der Waals surface area (Å²) in [4.78, 5) is 1.37. The Balaban J connectivity index is 2.04. The summed E-state index contributed by atoms with van der Waals surface area (Å²) in [6.07, 6.45) is 2.71. The minimum absolute atomic E-state index is 1.24. The molecule has 0 spiro atoms. The first kappa shape index (κ1) is 9.51. The molecule has 1 aromatic rings. The van der Waals surface area contributed by atoms with Gasteiger partial charge in [0.1, 0.15) is 0 Å². The van der Waals surface area contributed by atoms with Crippen LogP contribution in [0.15, 0.2) is 29.2 Å². The van der Waals surface area contributed by atoms with E-state index in [-0.39, 0.29) is 0 Å². The van der Waals surface area contributed by atoms with Gasteiger partial charge in [0.15, 0.2) is 0 Å². The van der Waals surface area contributed by atoms with E-state index in [0.29, 0.717) is 0 Å². The zero-order valence-electron chi connectivity index (χ0n) is 7.57. The molecule has 1 aromatic carbocycles. The van der Waals surface area contributed by atoms with Crippen LogP contribution in [0.5, 0.6) is 0 Å². The molecular weight excluding hydrogens is 197 g/mol. The lowest BCUT2D eigenvalue weighted by molar-refractivity contribution is 0.587. The van der Waals surface area contributed by atoms with Crippen LogP contribution < -0.4 is 5.30 Å². The number of hydrogen-bond acceptors (Lipinski definition) is 2. The van der Waals surface area contributed by atoms with Gasteiger partial charge in [-0.1, -0.05) is 18.2 Å². The van der Waals surface area contributed by atoms with Crippen LogP contribution in [0.3, 0.4) is 0 Å². The highest BCUT2D eigenvalue weighted by atomic mass is 32.2. The minimum Gasteiger partial charge on any atom is -0.246 e. The smallest absolute Gasteiger partial charge is 0.0301 e. The molecule has 1 atom stereocenters. The Kier molecular flexibility index (Phi) is 3.26. The summed E-state index contributed by atoms with van der Waals surface area (Å²) >= 11 is 1.89. The lowest BCUT2D eigenvalue weighted by atomic mass is 10.4. The Bertz CT molecular complexity index is 284. The van der Waals surface area contributed by atoms with Crippen LogP contribution in [0.2, 0.25) is 0 Å². The Hall–Kier alpha value is -0.0400. The molecule has 1 nitrogen and oxygen atoms in total. The molecule has 2 rings (SSSR count). The minimum atomic E-state index is 1.24. The van der Waals surface area contributed by atoms with Crippen LogP contribution in [0.4, 0.5) is 0 Å². The molecule has 70 valence electrons. The molecule has 1 aliphatic rings. The van der Waals surface area contributed by atoms with Crippen molar-refractivity contribution in [1.82, 2.24) is 4.31 Å². The van der Waals surface area contributed by atoms with Crippen LogP contribution in [-0.4, -0.2) is 17.4 Å². The largest absolute Gasteiger partial charge is 0.246 e. The van der Waals surface area contributed by atoms with E-state index < -0.39 is 0 Å². The molecule has 3 heteroatoms. The average Bonchev–Trinajstić information content (AvgIpc) is 2.61. The maximum Gasteiger partial charge on any atom is 0.0301 e. The van der Waals surface area contributed by atoms with E-state index in [2.05, 4.69) is 37.8 Å². The first-order valence-corrected chi connectivity index (χ1v) is 5.99. The van der Waals surface area contributed by atoms with Gasteiger partial charge in [-0.15, -0.1) is 9.24 Å². The summed E-state index contributed by atoms with van der Waals surface area (Å²) in [5, 5.41) is 1.31. The van der Waals surface area contributed by atoms with Crippen LogP contribution in [0.1, 0.15) is 12.8 Å². The van der Waals surface area contributed by atoms with Gasteiger partial charge in [-0.2, -0.15) is 0 Å². The Labute approximate surface area is 86.2 Å². The third-order valence-electron chi connectivity index (χ3n) is 2.21. The predicted octanol–water partition coefficient (Wildman–Crippen LogP) is 2.29. The van der Waals surface area contributed by atoms with Gasteiger partial charge in [0.05, 0.1) is 0 Å². The van der Waals surface area contributed by atoms with Crippen LogP contribution >= 0.6 is 21.2 Å². The van der Waals surface area contributed by atoms with E-state index in [1.165, 1.54) is 36.1 Å². The molecule has 0 bridgehead atoms. The SMILES string of the molecule is Pc1ccccc1SN1CCCC1. The second kappa shape index (κ2) is 4.45. The number of nitrogens with zero attached hydrogens (tertiary/aromatic N) is 1. The first-order valence-electron chi connectivity index (χ1n) is 4.64. The predicted molar refractivity (Wildman–Crippen MR) is 62.5 cm³/mol. The van der Waals surface area contributed by atoms with Gasteiger partial charge < -0.3 is 0 Å². The van der Waals surface area contributed by atoms with Crippen molar-refractivity contribution in [2.45, 2.75) is 17.7 Å². The number of hydrogen-bond donors (Lipinski definition) is 0. The van der Waals surface area contributed by atoms with Crippen LogP contribution in [0, 0.1) is 0 Å². The Morgan fingerprint density at radius 3 is 2.54 bits per heavy atom. The normalized spacial score (nSPS) is 17.9. The zero-order chi connectivity index (χ0) is 9.10. The summed E-state index contributed by atoms with van der Waals surface area (Å²) in [7, 11) is 2.79. The Morgan fingerprint density at radius 2 is 1.85 bits per heavy atom. The molecule has 0 radical (unpaired) electrons. The highest BCUT2D eigenvalue weighted by molar-refractivity contribution is 7.97. The van der Waals surface area contributed by atoms with Crippen LogP contribution in [-0.2, 0) is 0 Å². The average molecular weight is 211 g/mol. The highest BCUT2D eigenvalue weighted by Crippen LogP contribution is 2.25. The second-order valence-electron chi connectivity index (χ2n) is 3.27. The van der Waals surface area contributed by atoms with Crippen molar-refractivity contribution in [1.29, 1.82) is 0 Å². The molecule has 1 saturated heterocycles. The maximum absolute atomic E-state index is 2.79. The standard InChI is InChI=1S/C10H14NPS/c12-9-5-1-2-6-10(9)13-11-7-3-4-8-11/h1-2,5-6H,3-4,7-8,12H2. The van der Waals surface area contributed by atoms with Crippen molar-refractivity contribution in [2.75, 3.05) is 13.1 Å². The molecule has 0 N–H and O–H groups in total. The van der Waals surface area contributed by atoms with Gasteiger partial charge in [-0.05, 0) is 36.2 Å². The number of rotatable bonds is 2. The van der Waals surface area contributed by atoms with Crippen molar-refractivity contribution >= 4 is 26.5 Å². The molecule has 1 unspecified atom stereocenters. The van der Waals surface area contributed by atoms with E-state index in [1.807, 2.05) is 11.9 Å². The quantitative estimate of drug-likeness (QED) is 0.545. The Morgan fingerprint density at radius 1 is 1.15 bits per heavy atom. The first-order chi connectivity index (χ1) is 6.36. The van der Waals surface area contributed by atoms with E-state index >= 15 is 0 Å². The topological polar surface area (TPSA) is 3.24 Å². The number of benzene rings is 1. The molecular formula is C10H14NPS. The lowest BCUT2D eigenvalue weighted by Gasteiger charge is -2.14. The maximum atomic E-state index is 2.79. The summed E-state index contributed by atoms with van der Waals surface area (Å²) in [5.41, 5.74) is 0. The summed E-state index contributed by atoms with van der Waals surface area (Å²) in [6, 6.07) is 8.51. The fraction of sp³-hybridized carbons (Fsp3) is 0.400. The van der Waals surface area contributed by atoms with Crippen molar-refractivity contribution in [3.63, 3.8) is 0 Å². The fourth-order valence-corrected chi connectivity index (χ4v) is 2.88. The highest BCUT2D eigenvalue weighted by Gasteiger charge is 2.13. The van der Waals surface area contributed by atoms with Gasteiger partial charge >= 0.3 is 0 Å². The van der Waals surface area contributed by atoms with Gasteiger partial charge in [-0.3, -0.25) is 0 Å². The third-order valence-corrected chi connectivity index (χ3v) is 4.12. The van der Waals surface area contributed by atoms with Crippen molar-refractivity contribution < 1.29 is 0 Å². The van der Waals surface area contributed by atoms with E-state index in [4.69, 9.17) is 0 Å². The monoisotopic (exact) mass is 211 g/mol. The third kappa shape index (κ3) is 2.46. The molecule has 0 aliphatic carbocycles. The molecule has 0 aromatic heterocycles. The van der Waals surface area contributed by atoms with Crippen molar-refractivity contribution in [3.8, 4) is 0 Å². The van der Waals surface area contributed by atoms with E-state index in [9.17, 15) is 0 Å².